The first kappa shape index (κ1) is 20.8. The van der Waals surface area contributed by atoms with Gasteiger partial charge < -0.3 is 15.2 Å². The van der Waals surface area contributed by atoms with Crippen LogP contribution in [0.15, 0.2) is 84.9 Å². The third-order valence-corrected chi connectivity index (χ3v) is 6.15. The van der Waals surface area contributed by atoms with Crippen molar-refractivity contribution in [1.82, 2.24) is 5.32 Å². The van der Waals surface area contributed by atoms with Gasteiger partial charge in [0.15, 0.2) is 0 Å². The van der Waals surface area contributed by atoms with Crippen molar-refractivity contribution in [1.29, 1.82) is 0 Å². The summed E-state index contributed by atoms with van der Waals surface area (Å²) in [7, 11) is 0. The fraction of sp³-hybridized carbons (Fsp3) is 0.143. The molecule has 4 aromatic carbocycles. The molecule has 0 radical (unpaired) electrons. The molecule has 1 aliphatic rings. The fourth-order valence-electron chi connectivity index (χ4n) is 4.49. The highest BCUT2D eigenvalue weighted by atomic mass is 16.5. The van der Waals surface area contributed by atoms with E-state index in [4.69, 9.17) is 4.74 Å². The van der Waals surface area contributed by atoms with Gasteiger partial charge in [0.25, 0.3) is 0 Å². The molecule has 1 amide bonds. The van der Waals surface area contributed by atoms with Crippen LogP contribution in [0.1, 0.15) is 22.3 Å². The Kier molecular flexibility index (Phi) is 5.53. The largest absolute Gasteiger partial charge is 0.480 e. The van der Waals surface area contributed by atoms with E-state index in [1.165, 1.54) is 11.1 Å². The Morgan fingerprint density at radius 2 is 1.64 bits per heavy atom. The SMILES string of the molecule is O=C(NC(Cc1ccc2ccccc2c1)C(=O)O)OCc1cccc2c1Cc1ccccc1-2. The Morgan fingerprint density at radius 3 is 2.48 bits per heavy atom. The topological polar surface area (TPSA) is 75.6 Å². The zero-order valence-corrected chi connectivity index (χ0v) is 18.0. The van der Waals surface area contributed by atoms with Gasteiger partial charge in [-0.2, -0.15) is 0 Å². The number of carboxylic acid groups (broad SMARTS) is 1. The quantitative estimate of drug-likeness (QED) is 0.376. The summed E-state index contributed by atoms with van der Waals surface area (Å²) in [6.45, 7) is 0.0886. The second kappa shape index (κ2) is 8.79. The second-order valence-corrected chi connectivity index (χ2v) is 8.27. The molecule has 1 unspecified atom stereocenters. The maximum atomic E-state index is 12.5. The van der Waals surface area contributed by atoms with E-state index < -0.39 is 18.1 Å². The summed E-state index contributed by atoms with van der Waals surface area (Å²) in [6.07, 6.45) is 0.230. The molecule has 0 fully saturated rings. The van der Waals surface area contributed by atoms with E-state index >= 15 is 0 Å². The molecule has 4 aromatic rings. The Hall–Kier alpha value is -4.12. The van der Waals surface area contributed by atoms with Gasteiger partial charge in [0, 0.05) is 6.42 Å². The average Bonchev–Trinajstić information content (AvgIpc) is 3.21. The molecular formula is C28H23NO4. The lowest BCUT2D eigenvalue weighted by atomic mass is 10.0. The lowest BCUT2D eigenvalue weighted by molar-refractivity contribution is -0.139. The van der Waals surface area contributed by atoms with Gasteiger partial charge in [-0.25, -0.2) is 9.59 Å². The highest BCUT2D eigenvalue weighted by Gasteiger charge is 2.23. The standard InChI is InChI=1S/C28H23NO4/c30-27(31)26(15-18-12-13-19-6-1-2-7-20(19)14-18)29-28(32)33-17-22-9-5-11-24-23-10-4-3-8-21(23)16-25(22)24/h1-14,26H,15-17H2,(H,29,32)(H,30,31). The van der Waals surface area contributed by atoms with E-state index in [9.17, 15) is 14.7 Å². The number of fused-ring (bicyclic) bond motifs is 4. The summed E-state index contributed by atoms with van der Waals surface area (Å²) in [5.74, 6) is -1.10. The summed E-state index contributed by atoms with van der Waals surface area (Å²) < 4.78 is 5.43. The van der Waals surface area contributed by atoms with Crippen LogP contribution in [0.3, 0.4) is 0 Å². The van der Waals surface area contributed by atoms with E-state index in [2.05, 4.69) is 23.5 Å². The molecule has 0 heterocycles. The number of hydrogen-bond acceptors (Lipinski definition) is 3. The third-order valence-electron chi connectivity index (χ3n) is 6.15. The van der Waals surface area contributed by atoms with Crippen molar-refractivity contribution >= 4 is 22.8 Å². The molecule has 2 N–H and O–H groups in total. The van der Waals surface area contributed by atoms with Crippen LogP contribution >= 0.6 is 0 Å². The summed E-state index contributed by atoms with van der Waals surface area (Å²) in [5, 5.41) is 14.3. The first-order chi connectivity index (χ1) is 16.1. The van der Waals surface area contributed by atoms with Crippen LogP contribution in [-0.2, 0) is 29.0 Å². The molecule has 33 heavy (non-hydrogen) atoms. The molecule has 0 bridgehead atoms. The van der Waals surface area contributed by atoms with Crippen molar-refractivity contribution in [3.05, 3.63) is 107 Å². The lowest BCUT2D eigenvalue weighted by Crippen LogP contribution is -2.42. The zero-order valence-electron chi connectivity index (χ0n) is 18.0. The van der Waals surface area contributed by atoms with Crippen molar-refractivity contribution in [3.63, 3.8) is 0 Å². The average molecular weight is 437 g/mol. The van der Waals surface area contributed by atoms with E-state index in [0.29, 0.717) is 0 Å². The molecule has 0 saturated carbocycles. The minimum absolute atomic E-state index is 0.0886. The number of aliphatic carboxylic acids is 1. The van der Waals surface area contributed by atoms with Gasteiger partial charge in [0.1, 0.15) is 12.6 Å². The monoisotopic (exact) mass is 437 g/mol. The van der Waals surface area contributed by atoms with E-state index in [0.717, 1.165) is 39.4 Å². The molecule has 0 spiro atoms. The Labute approximate surface area is 191 Å². The minimum atomic E-state index is -1.10. The van der Waals surface area contributed by atoms with E-state index in [1.807, 2.05) is 66.7 Å². The summed E-state index contributed by atoms with van der Waals surface area (Å²) in [6, 6.07) is 26.8. The molecule has 0 aromatic heterocycles. The summed E-state index contributed by atoms with van der Waals surface area (Å²) in [4.78, 5) is 24.2. The molecule has 1 atom stereocenters. The zero-order chi connectivity index (χ0) is 22.8. The minimum Gasteiger partial charge on any atom is -0.480 e. The number of amides is 1. The van der Waals surface area contributed by atoms with Crippen LogP contribution in [0.4, 0.5) is 4.79 Å². The van der Waals surface area contributed by atoms with Gasteiger partial charge in [0.2, 0.25) is 0 Å². The Bertz CT molecular complexity index is 1360. The number of hydrogen-bond donors (Lipinski definition) is 2. The maximum absolute atomic E-state index is 12.5. The maximum Gasteiger partial charge on any atom is 0.408 e. The van der Waals surface area contributed by atoms with Crippen molar-refractivity contribution in [3.8, 4) is 11.1 Å². The van der Waals surface area contributed by atoms with Crippen LogP contribution in [-0.4, -0.2) is 23.2 Å². The van der Waals surface area contributed by atoms with Gasteiger partial charge >= 0.3 is 12.1 Å². The highest BCUT2D eigenvalue weighted by molar-refractivity contribution is 5.84. The smallest absolute Gasteiger partial charge is 0.408 e. The van der Waals surface area contributed by atoms with E-state index in [-0.39, 0.29) is 13.0 Å². The summed E-state index contributed by atoms with van der Waals surface area (Å²) in [5.41, 5.74) is 6.54. The van der Waals surface area contributed by atoms with Crippen LogP contribution < -0.4 is 5.32 Å². The summed E-state index contributed by atoms with van der Waals surface area (Å²) >= 11 is 0. The highest BCUT2D eigenvalue weighted by Crippen LogP contribution is 2.38. The van der Waals surface area contributed by atoms with Crippen LogP contribution in [0.25, 0.3) is 21.9 Å². The number of benzene rings is 4. The number of nitrogens with one attached hydrogen (secondary N) is 1. The van der Waals surface area contributed by atoms with Gasteiger partial charge in [0.05, 0.1) is 0 Å². The molecule has 5 rings (SSSR count). The normalized spacial score (nSPS) is 12.6. The van der Waals surface area contributed by atoms with Gasteiger partial charge in [-0.3, -0.25) is 0 Å². The Balaban J connectivity index is 1.25. The first-order valence-electron chi connectivity index (χ1n) is 10.9. The molecule has 0 saturated heterocycles. The van der Waals surface area contributed by atoms with Gasteiger partial charge in [-0.05, 0) is 50.6 Å². The predicted octanol–water partition coefficient (Wildman–Crippen LogP) is 5.33. The van der Waals surface area contributed by atoms with Crippen molar-refractivity contribution in [2.24, 2.45) is 0 Å². The molecular weight excluding hydrogens is 414 g/mol. The van der Waals surface area contributed by atoms with Crippen LogP contribution in [0.5, 0.6) is 0 Å². The van der Waals surface area contributed by atoms with Crippen molar-refractivity contribution in [2.75, 3.05) is 0 Å². The van der Waals surface area contributed by atoms with Gasteiger partial charge in [-0.15, -0.1) is 0 Å². The fourth-order valence-corrected chi connectivity index (χ4v) is 4.49. The number of carbonyl (C=O) groups is 2. The number of carbonyl (C=O) groups excluding carboxylic acids is 1. The number of carboxylic acids is 1. The van der Waals surface area contributed by atoms with E-state index in [1.54, 1.807) is 0 Å². The first-order valence-corrected chi connectivity index (χ1v) is 10.9. The van der Waals surface area contributed by atoms with Crippen molar-refractivity contribution in [2.45, 2.75) is 25.5 Å². The number of ether oxygens (including phenoxy) is 1. The van der Waals surface area contributed by atoms with Gasteiger partial charge in [-0.1, -0.05) is 84.9 Å². The van der Waals surface area contributed by atoms with Crippen molar-refractivity contribution < 1.29 is 19.4 Å². The number of alkyl carbamates (subject to hydrolysis) is 1. The van der Waals surface area contributed by atoms with Crippen LogP contribution in [0.2, 0.25) is 0 Å². The molecule has 0 aliphatic heterocycles. The van der Waals surface area contributed by atoms with Crippen LogP contribution in [0, 0.1) is 0 Å². The second-order valence-electron chi connectivity index (χ2n) is 8.27. The molecule has 1 aliphatic carbocycles. The molecule has 5 heteroatoms. The predicted molar refractivity (Wildman–Crippen MR) is 127 cm³/mol. The molecule has 164 valence electrons. The molecule has 5 nitrogen and oxygen atoms in total. The number of rotatable bonds is 6. The lowest BCUT2D eigenvalue weighted by Gasteiger charge is -2.16. The Morgan fingerprint density at radius 1 is 0.879 bits per heavy atom. The third kappa shape index (κ3) is 4.30.